The Bertz CT molecular complexity index is 699. The number of hydrogen-bond donors (Lipinski definition) is 1. The topological polar surface area (TPSA) is 38.3 Å². The highest BCUT2D eigenvalue weighted by Crippen LogP contribution is 2.25. The van der Waals surface area contributed by atoms with Gasteiger partial charge in [0.2, 0.25) is 5.91 Å². The highest BCUT2D eigenvalue weighted by atomic mass is 79.9. The smallest absolute Gasteiger partial charge is 0.248 e. The lowest BCUT2D eigenvalue weighted by molar-refractivity contribution is -0.111. The molecule has 0 atom stereocenters. The van der Waals surface area contributed by atoms with E-state index in [-0.39, 0.29) is 5.91 Å². The van der Waals surface area contributed by atoms with E-state index < -0.39 is 0 Å². The van der Waals surface area contributed by atoms with Gasteiger partial charge in [-0.3, -0.25) is 4.79 Å². The van der Waals surface area contributed by atoms with Crippen LogP contribution < -0.4 is 10.1 Å². The summed E-state index contributed by atoms with van der Waals surface area (Å²) in [5.74, 6) is 0.546. The summed E-state index contributed by atoms with van der Waals surface area (Å²) in [5, 5.41) is 2.82. The minimum Gasteiger partial charge on any atom is -0.493 e. The van der Waals surface area contributed by atoms with E-state index >= 15 is 0 Å². The molecule has 0 saturated carbocycles. The Kier molecular flexibility index (Phi) is 6.21. The van der Waals surface area contributed by atoms with Crippen LogP contribution in [0.1, 0.15) is 12.5 Å². The van der Waals surface area contributed by atoms with E-state index in [1.807, 2.05) is 49.4 Å². The van der Waals surface area contributed by atoms with Crippen LogP contribution in [-0.2, 0) is 4.79 Å². The van der Waals surface area contributed by atoms with Gasteiger partial charge in [-0.25, -0.2) is 0 Å². The van der Waals surface area contributed by atoms with Crippen LogP contribution in [0.2, 0.25) is 0 Å². The molecule has 3 nitrogen and oxygen atoms in total. The molecule has 0 heterocycles. The Morgan fingerprint density at radius 1 is 1.23 bits per heavy atom. The van der Waals surface area contributed by atoms with Crippen LogP contribution in [0.5, 0.6) is 5.75 Å². The second kappa shape index (κ2) is 8.15. The van der Waals surface area contributed by atoms with Gasteiger partial charge in [-0.2, -0.15) is 0 Å². The van der Waals surface area contributed by atoms with Crippen LogP contribution in [0.3, 0.4) is 0 Å². The molecule has 2 aromatic rings. The highest BCUT2D eigenvalue weighted by Gasteiger charge is 2.04. The molecule has 2 aromatic carbocycles. The molecular formula is C17H15Br2NO2. The lowest BCUT2D eigenvalue weighted by Gasteiger charge is -2.08. The van der Waals surface area contributed by atoms with Gasteiger partial charge in [0.1, 0.15) is 5.75 Å². The van der Waals surface area contributed by atoms with Crippen LogP contribution in [0.15, 0.2) is 57.5 Å². The van der Waals surface area contributed by atoms with E-state index in [9.17, 15) is 4.79 Å². The predicted octanol–water partition coefficient (Wildman–Crippen LogP) is 5.26. The van der Waals surface area contributed by atoms with Gasteiger partial charge in [0.05, 0.1) is 12.3 Å². The summed E-state index contributed by atoms with van der Waals surface area (Å²) in [6, 6.07) is 13.2. The molecule has 0 aliphatic rings. The quantitative estimate of drug-likeness (QED) is 0.664. The summed E-state index contributed by atoms with van der Waals surface area (Å²) in [6.45, 7) is 2.50. The minimum atomic E-state index is -0.200. The Morgan fingerprint density at radius 2 is 2.00 bits per heavy atom. The summed E-state index contributed by atoms with van der Waals surface area (Å²) < 4.78 is 7.32. The van der Waals surface area contributed by atoms with Crippen molar-refractivity contribution >= 4 is 49.5 Å². The van der Waals surface area contributed by atoms with E-state index in [1.165, 1.54) is 6.08 Å². The fraction of sp³-hybridized carbons (Fsp3) is 0.118. The van der Waals surface area contributed by atoms with Crippen molar-refractivity contribution in [3.63, 3.8) is 0 Å². The fourth-order valence-electron chi connectivity index (χ4n) is 1.84. The van der Waals surface area contributed by atoms with Crippen LogP contribution in [0, 0.1) is 0 Å². The molecule has 5 heteroatoms. The lowest BCUT2D eigenvalue weighted by Crippen LogP contribution is -2.08. The molecular weight excluding hydrogens is 410 g/mol. The van der Waals surface area contributed by atoms with E-state index in [2.05, 4.69) is 37.2 Å². The van der Waals surface area contributed by atoms with Crippen molar-refractivity contribution in [3.05, 3.63) is 63.0 Å². The van der Waals surface area contributed by atoms with Gasteiger partial charge < -0.3 is 10.1 Å². The zero-order chi connectivity index (χ0) is 15.9. The summed E-state index contributed by atoms with van der Waals surface area (Å²) >= 11 is 6.82. The van der Waals surface area contributed by atoms with Gasteiger partial charge in [0, 0.05) is 20.6 Å². The van der Waals surface area contributed by atoms with Crippen LogP contribution in [0.25, 0.3) is 6.08 Å². The van der Waals surface area contributed by atoms with E-state index in [0.717, 1.165) is 25.9 Å². The number of halogens is 2. The molecule has 0 aromatic heterocycles. The normalized spacial score (nSPS) is 10.7. The van der Waals surface area contributed by atoms with Gasteiger partial charge in [0.15, 0.2) is 0 Å². The third-order valence-corrected chi connectivity index (χ3v) is 4.00. The minimum absolute atomic E-state index is 0.200. The van der Waals surface area contributed by atoms with Crippen molar-refractivity contribution in [2.45, 2.75) is 6.92 Å². The molecule has 0 unspecified atom stereocenters. The molecule has 2 rings (SSSR count). The molecule has 0 bridgehead atoms. The number of hydrogen-bond acceptors (Lipinski definition) is 2. The Hall–Kier alpha value is -1.59. The molecule has 0 saturated heterocycles. The number of amides is 1. The maximum absolute atomic E-state index is 12.0. The van der Waals surface area contributed by atoms with Crippen LogP contribution in [-0.4, -0.2) is 12.5 Å². The first-order chi connectivity index (χ1) is 10.6. The molecule has 1 N–H and O–H groups in total. The number of rotatable bonds is 5. The van der Waals surface area contributed by atoms with Gasteiger partial charge >= 0.3 is 0 Å². The van der Waals surface area contributed by atoms with Crippen molar-refractivity contribution in [2.24, 2.45) is 0 Å². The van der Waals surface area contributed by atoms with E-state index in [4.69, 9.17) is 4.74 Å². The molecule has 0 aliphatic carbocycles. The summed E-state index contributed by atoms with van der Waals surface area (Å²) in [4.78, 5) is 12.0. The first-order valence-electron chi connectivity index (χ1n) is 6.76. The standard InChI is InChI=1S/C17H15Br2NO2/c1-2-22-16-9-8-13(18)11-12(16)7-10-17(21)20-15-6-4-3-5-14(15)19/h3-11H,2H2,1H3,(H,20,21). The second-order valence-corrected chi connectivity index (χ2v) is 6.19. The van der Waals surface area contributed by atoms with Crippen molar-refractivity contribution in [1.82, 2.24) is 0 Å². The number of para-hydroxylation sites is 1. The Balaban J connectivity index is 2.13. The highest BCUT2D eigenvalue weighted by molar-refractivity contribution is 9.10. The summed E-state index contributed by atoms with van der Waals surface area (Å²) in [5.41, 5.74) is 1.58. The predicted molar refractivity (Wildman–Crippen MR) is 97.1 cm³/mol. The van der Waals surface area contributed by atoms with Crippen molar-refractivity contribution in [1.29, 1.82) is 0 Å². The van der Waals surface area contributed by atoms with Gasteiger partial charge in [-0.1, -0.05) is 28.1 Å². The molecule has 114 valence electrons. The monoisotopic (exact) mass is 423 g/mol. The first kappa shape index (κ1) is 16.8. The Morgan fingerprint density at radius 3 is 2.73 bits per heavy atom. The van der Waals surface area contributed by atoms with Crippen molar-refractivity contribution in [2.75, 3.05) is 11.9 Å². The number of carbonyl (C=O) groups excluding carboxylic acids is 1. The van der Waals surface area contributed by atoms with E-state index in [1.54, 1.807) is 6.08 Å². The second-order valence-electron chi connectivity index (χ2n) is 4.42. The lowest BCUT2D eigenvalue weighted by atomic mass is 10.2. The third kappa shape index (κ3) is 4.71. The SMILES string of the molecule is CCOc1ccc(Br)cc1C=CC(=O)Nc1ccccc1Br. The van der Waals surface area contributed by atoms with Crippen molar-refractivity contribution in [3.8, 4) is 5.75 Å². The summed E-state index contributed by atoms with van der Waals surface area (Å²) in [7, 11) is 0. The summed E-state index contributed by atoms with van der Waals surface area (Å²) in [6.07, 6.45) is 3.23. The number of nitrogens with one attached hydrogen (secondary N) is 1. The molecule has 0 radical (unpaired) electrons. The molecule has 0 spiro atoms. The number of ether oxygens (including phenoxy) is 1. The first-order valence-corrected chi connectivity index (χ1v) is 8.34. The zero-order valence-corrected chi connectivity index (χ0v) is 15.1. The van der Waals surface area contributed by atoms with Gasteiger partial charge in [0.25, 0.3) is 0 Å². The molecule has 0 fully saturated rings. The van der Waals surface area contributed by atoms with Crippen LogP contribution in [0.4, 0.5) is 5.69 Å². The van der Waals surface area contributed by atoms with Crippen LogP contribution >= 0.6 is 31.9 Å². The van der Waals surface area contributed by atoms with Crippen molar-refractivity contribution < 1.29 is 9.53 Å². The molecule has 0 aliphatic heterocycles. The van der Waals surface area contributed by atoms with E-state index in [0.29, 0.717) is 6.61 Å². The number of carbonyl (C=O) groups is 1. The largest absolute Gasteiger partial charge is 0.493 e. The number of anilines is 1. The molecule has 22 heavy (non-hydrogen) atoms. The fourth-order valence-corrected chi connectivity index (χ4v) is 2.60. The zero-order valence-electron chi connectivity index (χ0n) is 12.0. The van der Waals surface area contributed by atoms with Gasteiger partial charge in [-0.05, 0) is 59.3 Å². The van der Waals surface area contributed by atoms with Gasteiger partial charge in [-0.15, -0.1) is 0 Å². The average molecular weight is 425 g/mol. The maximum Gasteiger partial charge on any atom is 0.248 e. The Labute approximate surface area is 146 Å². The molecule has 1 amide bonds. The maximum atomic E-state index is 12.0. The average Bonchev–Trinajstić information content (AvgIpc) is 2.50. The third-order valence-electron chi connectivity index (χ3n) is 2.82. The number of benzene rings is 2.